The molecule has 0 saturated carbocycles. The number of hydrogen-bond donors (Lipinski definition) is 2. The Bertz CT molecular complexity index is 289. The molecule has 0 atom stereocenters. The van der Waals surface area contributed by atoms with Crippen LogP contribution in [0.4, 0.5) is 0 Å². The van der Waals surface area contributed by atoms with Crippen molar-refractivity contribution >= 4 is 11.4 Å². The van der Waals surface area contributed by atoms with Crippen LogP contribution in [0.25, 0.3) is 0 Å². The number of oxime groups is 2. The summed E-state index contributed by atoms with van der Waals surface area (Å²) in [6.07, 6.45) is 16.4. The Morgan fingerprint density at radius 2 is 1.10 bits per heavy atom. The van der Waals surface area contributed by atoms with Crippen molar-refractivity contribution in [2.24, 2.45) is 10.3 Å². The third-order valence-corrected chi connectivity index (χ3v) is 3.96. The van der Waals surface area contributed by atoms with E-state index in [4.69, 9.17) is 10.4 Å². The molecule has 0 heterocycles. The van der Waals surface area contributed by atoms with Crippen molar-refractivity contribution in [1.29, 1.82) is 0 Å². The minimum Gasteiger partial charge on any atom is -0.411 e. The van der Waals surface area contributed by atoms with E-state index >= 15 is 0 Å². The standard InChI is InChI=1S/C17H34N2O2/c1-3-4-5-6-7-8-9-10-11-12-13-14-15-17(19-21)16(2)18-20/h20-21H,3-15H2,1-2H3. The van der Waals surface area contributed by atoms with E-state index in [1.54, 1.807) is 6.92 Å². The van der Waals surface area contributed by atoms with Crippen molar-refractivity contribution in [3.05, 3.63) is 0 Å². The quantitative estimate of drug-likeness (QED) is 0.185. The van der Waals surface area contributed by atoms with Crippen LogP contribution in [-0.4, -0.2) is 21.8 Å². The summed E-state index contributed by atoms with van der Waals surface area (Å²) in [4.78, 5) is 0. The molecule has 0 amide bonds. The van der Waals surface area contributed by atoms with E-state index in [0.29, 0.717) is 17.8 Å². The van der Waals surface area contributed by atoms with Gasteiger partial charge in [-0.3, -0.25) is 0 Å². The summed E-state index contributed by atoms with van der Waals surface area (Å²) in [5.41, 5.74) is 0.894. The summed E-state index contributed by atoms with van der Waals surface area (Å²) in [5, 5.41) is 23.7. The average Bonchev–Trinajstić information content (AvgIpc) is 2.51. The van der Waals surface area contributed by atoms with Crippen molar-refractivity contribution in [2.75, 3.05) is 0 Å². The Hall–Kier alpha value is -1.06. The third kappa shape index (κ3) is 12.4. The number of unbranched alkanes of at least 4 members (excludes halogenated alkanes) is 11. The molecule has 0 aliphatic rings. The lowest BCUT2D eigenvalue weighted by atomic mass is 10.0. The van der Waals surface area contributed by atoms with Crippen LogP contribution in [0.3, 0.4) is 0 Å². The van der Waals surface area contributed by atoms with Crippen molar-refractivity contribution in [2.45, 2.75) is 97.3 Å². The maximum Gasteiger partial charge on any atom is 0.104 e. The molecule has 124 valence electrons. The molecule has 0 aromatic heterocycles. The normalized spacial score (nSPS) is 12.9. The predicted molar refractivity (Wildman–Crippen MR) is 89.8 cm³/mol. The predicted octanol–water partition coefficient (Wildman–Crippen LogP) is 5.76. The van der Waals surface area contributed by atoms with Gasteiger partial charge in [-0.25, -0.2) is 0 Å². The lowest BCUT2D eigenvalue weighted by Crippen LogP contribution is -2.10. The van der Waals surface area contributed by atoms with E-state index in [9.17, 15) is 0 Å². The number of hydrogen-bond acceptors (Lipinski definition) is 4. The highest BCUT2D eigenvalue weighted by Gasteiger charge is 2.04. The van der Waals surface area contributed by atoms with Crippen LogP contribution in [0.15, 0.2) is 10.3 Å². The molecule has 0 fully saturated rings. The lowest BCUT2D eigenvalue weighted by Gasteiger charge is -2.04. The van der Waals surface area contributed by atoms with Gasteiger partial charge in [-0.15, -0.1) is 0 Å². The molecule has 4 nitrogen and oxygen atoms in total. The van der Waals surface area contributed by atoms with Gasteiger partial charge in [0, 0.05) is 0 Å². The second kappa shape index (κ2) is 15.3. The second-order valence-corrected chi connectivity index (χ2v) is 5.87. The maximum absolute atomic E-state index is 8.80. The van der Waals surface area contributed by atoms with Gasteiger partial charge in [0.1, 0.15) is 11.4 Å². The Balaban J connectivity index is 3.29. The molecule has 21 heavy (non-hydrogen) atoms. The second-order valence-electron chi connectivity index (χ2n) is 5.87. The highest BCUT2D eigenvalue weighted by molar-refractivity contribution is 6.41. The summed E-state index contributed by atoms with van der Waals surface area (Å²) >= 11 is 0. The van der Waals surface area contributed by atoms with Gasteiger partial charge >= 0.3 is 0 Å². The van der Waals surface area contributed by atoms with Crippen molar-refractivity contribution in [3.63, 3.8) is 0 Å². The molecular formula is C17H34N2O2. The molecule has 0 aliphatic heterocycles. The maximum atomic E-state index is 8.80. The highest BCUT2D eigenvalue weighted by atomic mass is 16.4. The zero-order valence-electron chi connectivity index (χ0n) is 14.0. The number of nitrogens with zero attached hydrogens (tertiary/aromatic N) is 2. The summed E-state index contributed by atoms with van der Waals surface area (Å²) in [6.45, 7) is 3.91. The molecular weight excluding hydrogens is 264 g/mol. The van der Waals surface area contributed by atoms with E-state index in [1.165, 1.54) is 64.2 Å². The first-order chi connectivity index (χ1) is 10.3. The van der Waals surface area contributed by atoms with Crippen molar-refractivity contribution < 1.29 is 10.4 Å². The average molecular weight is 298 g/mol. The van der Waals surface area contributed by atoms with Crippen LogP contribution in [0.5, 0.6) is 0 Å². The lowest BCUT2D eigenvalue weighted by molar-refractivity contribution is 0.312. The molecule has 0 aliphatic carbocycles. The fourth-order valence-electron chi connectivity index (χ4n) is 2.49. The highest BCUT2D eigenvalue weighted by Crippen LogP contribution is 2.12. The van der Waals surface area contributed by atoms with Crippen molar-refractivity contribution in [3.8, 4) is 0 Å². The Labute approximate surface area is 130 Å². The summed E-state index contributed by atoms with van der Waals surface area (Å²) in [5.74, 6) is 0. The first kappa shape index (κ1) is 19.9. The first-order valence-corrected chi connectivity index (χ1v) is 8.66. The summed E-state index contributed by atoms with van der Waals surface area (Å²) in [6, 6.07) is 0. The van der Waals surface area contributed by atoms with Crippen LogP contribution in [0.2, 0.25) is 0 Å². The smallest absolute Gasteiger partial charge is 0.104 e. The van der Waals surface area contributed by atoms with Gasteiger partial charge in [-0.05, 0) is 19.8 Å². The Kier molecular flexibility index (Phi) is 14.6. The Morgan fingerprint density at radius 3 is 1.48 bits per heavy atom. The topological polar surface area (TPSA) is 65.2 Å². The summed E-state index contributed by atoms with van der Waals surface area (Å²) in [7, 11) is 0. The molecule has 0 spiro atoms. The van der Waals surface area contributed by atoms with Gasteiger partial charge in [0.25, 0.3) is 0 Å². The fraction of sp³-hybridized carbons (Fsp3) is 0.882. The third-order valence-electron chi connectivity index (χ3n) is 3.96. The molecule has 2 N–H and O–H groups in total. The van der Waals surface area contributed by atoms with Crippen LogP contribution in [-0.2, 0) is 0 Å². The van der Waals surface area contributed by atoms with Crippen LogP contribution in [0, 0.1) is 0 Å². The van der Waals surface area contributed by atoms with Gasteiger partial charge in [-0.1, -0.05) is 87.9 Å². The SMILES string of the molecule is CCCCCCCCCCCCCCC(=NO)C(C)=NO. The minimum atomic E-state index is 0.403. The molecule has 4 heteroatoms. The summed E-state index contributed by atoms with van der Waals surface area (Å²) < 4.78 is 0. The van der Waals surface area contributed by atoms with Gasteiger partial charge < -0.3 is 10.4 Å². The Morgan fingerprint density at radius 1 is 0.667 bits per heavy atom. The van der Waals surface area contributed by atoms with E-state index in [0.717, 1.165) is 12.8 Å². The van der Waals surface area contributed by atoms with E-state index in [1.807, 2.05) is 0 Å². The van der Waals surface area contributed by atoms with Gasteiger partial charge in [-0.2, -0.15) is 0 Å². The fourth-order valence-corrected chi connectivity index (χ4v) is 2.49. The first-order valence-electron chi connectivity index (χ1n) is 8.66. The van der Waals surface area contributed by atoms with Crippen LogP contribution >= 0.6 is 0 Å². The molecule has 0 radical (unpaired) electrons. The van der Waals surface area contributed by atoms with Gasteiger partial charge in [0.05, 0.1) is 0 Å². The molecule has 0 rings (SSSR count). The van der Waals surface area contributed by atoms with E-state index in [-0.39, 0.29) is 0 Å². The van der Waals surface area contributed by atoms with Gasteiger partial charge in [0.15, 0.2) is 0 Å². The molecule has 0 bridgehead atoms. The zero-order chi connectivity index (χ0) is 15.8. The molecule has 0 aromatic carbocycles. The molecule has 0 aromatic rings. The largest absolute Gasteiger partial charge is 0.411 e. The van der Waals surface area contributed by atoms with Crippen LogP contribution in [0.1, 0.15) is 97.3 Å². The minimum absolute atomic E-state index is 0.403. The van der Waals surface area contributed by atoms with E-state index in [2.05, 4.69) is 17.2 Å². The van der Waals surface area contributed by atoms with Crippen molar-refractivity contribution in [1.82, 2.24) is 0 Å². The molecule has 0 unspecified atom stereocenters. The molecule has 0 saturated heterocycles. The van der Waals surface area contributed by atoms with Gasteiger partial charge in [0.2, 0.25) is 0 Å². The monoisotopic (exact) mass is 298 g/mol. The van der Waals surface area contributed by atoms with E-state index < -0.39 is 0 Å². The number of rotatable bonds is 14. The zero-order valence-corrected chi connectivity index (χ0v) is 14.0. The van der Waals surface area contributed by atoms with Crippen LogP contribution < -0.4 is 0 Å².